The normalized spacial score (nSPS) is 12.1. The van der Waals surface area contributed by atoms with Crippen LogP contribution >= 0.6 is 15.9 Å². The van der Waals surface area contributed by atoms with E-state index in [1.54, 1.807) is 0 Å². The predicted octanol–water partition coefficient (Wildman–Crippen LogP) is 5.76. The van der Waals surface area contributed by atoms with Gasteiger partial charge in [0.05, 0.1) is 16.1 Å². The molecule has 0 aliphatic rings. The zero-order valence-electron chi connectivity index (χ0n) is 13.0. The van der Waals surface area contributed by atoms with Crippen LogP contribution in [0.2, 0.25) is 0 Å². The molecule has 0 radical (unpaired) electrons. The average Bonchev–Trinajstić information content (AvgIpc) is 2.58. The van der Waals surface area contributed by atoms with E-state index in [1.165, 1.54) is 0 Å². The highest BCUT2D eigenvalue weighted by molar-refractivity contribution is 9.08. The molecule has 0 fully saturated rings. The van der Waals surface area contributed by atoms with Crippen molar-refractivity contribution in [3.05, 3.63) is 74.3 Å². The van der Waals surface area contributed by atoms with E-state index in [4.69, 9.17) is 0 Å². The summed E-state index contributed by atoms with van der Waals surface area (Å²) in [5.74, 6) is -1.12. The SMILES string of the molecule is O=C(c1cc(C(F)(F)F)cc(C(F)(F)F)c1)c1ccc([N+](=O)[O-])c(CBr)c1. The molecule has 0 aromatic heterocycles. The average molecular weight is 456 g/mol. The van der Waals surface area contributed by atoms with Gasteiger partial charge in [-0.15, -0.1) is 0 Å². The summed E-state index contributed by atoms with van der Waals surface area (Å²) in [5.41, 5.74) is -4.64. The number of benzene rings is 2. The Hall–Kier alpha value is -2.43. The largest absolute Gasteiger partial charge is 0.416 e. The minimum absolute atomic E-state index is 0.0408. The van der Waals surface area contributed by atoms with Gasteiger partial charge in [-0.25, -0.2) is 0 Å². The van der Waals surface area contributed by atoms with Crippen LogP contribution in [-0.4, -0.2) is 10.7 Å². The molecule has 0 unspecified atom stereocenters. The number of nitro groups is 1. The summed E-state index contributed by atoms with van der Waals surface area (Å²) in [6.07, 6.45) is -10.2. The lowest BCUT2D eigenvalue weighted by Gasteiger charge is -2.14. The number of carbonyl (C=O) groups excluding carboxylic acids is 1. The molecule has 4 nitrogen and oxygen atoms in total. The minimum atomic E-state index is -5.09. The van der Waals surface area contributed by atoms with Crippen LogP contribution in [0.3, 0.4) is 0 Å². The van der Waals surface area contributed by atoms with Gasteiger partial charge in [0.25, 0.3) is 5.69 Å². The van der Waals surface area contributed by atoms with Gasteiger partial charge in [-0.1, -0.05) is 15.9 Å². The Morgan fingerprint density at radius 1 is 0.926 bits per heavy atom. The van der Waals surface area contributed by atoms with Crippen molar-refractivity contribution < 1.29 is 36.1 Å². The summed E-state index contributed by atoms with van der Waals surface area (Å²) in [4.78, 5) is 22.6. The molecule has 0 saturated heterocycles. The highest BCUT2D eigenvalue weighted by Crippen LogP contribution is 2.37. The minimum Gasteiger partial charge on any atom is -0.289 e. The molecule has 0 saturated carbocycles. The number of nitro benzene ring substituents is 1. The molecule has 2 aromatic carbocycles. The Morgan fingerprint density at radius 3 is 1.85 bits per heavy atom. The quantitative estimate of drug-likeness (QED) is 0.193. The molecule has 0 heterocycles. The Labute approximate surface area is 156 Å². The fourth-order valence-electron chi connectivity index (χ4n) is 2.26. The molecule has 0 atom stereocenters. The first-order valence-corrected chi connectivity index (χ1v) is 8.14. The van der Waals surface area contributed by atoms with Gasteiger partial charge in [0, 0.05) is 28.1 Å². The van der Waals surface area contributed by atoms with Gasteiger partial charge in [0.2, 0.25) is 0 Å². The van der Waals surface area contributed by atoms with Crippen LogP contribution in [0.4, 0.5) is 32.0 Å². The first kappa shape index (κ1) is 20.9. The van der Waals surface area contributed by atoms with Gasteiger partial charge in [0.15, 0.2) is 5.78 Å². The lowest BCUT2D eigenvalue weighted by atomic mass is 9.97. The molecule has 11 heteroatoms. The van der Waals surface area contributed by atoms with Crippen molar-refractivity contribution in [3.8, 4) is 0 Å². The van der Waals surface area contributed by atoms with E-state index in [9.17, 15) is 41.3 Å². The number of rotatable bonds is 4. The number of ketones is 1. The summed E-state index contributed by atoms with van der Waals surface area (Å²) in [7, 11) is 0. The third kappa shape index (κ3) is 4.65. The molecule has 144 valence electrons. The van der Waals surface area contributed by atoms with Gasteiger partial charge in [-0.3, -0.25) is 14.9 Å². The molecule has 27 heavy (non-hydrogen) atoms. The lowest BCUT2D eigenvalue weighted by Crippen LogP contribution is -2.14. The molecular formula is C16H8BrF6NO3. The van der Waals surface area contributed by atoms with Crippen LogP contribution < -0.4 is 0 Å². The molecule has 0 N–H and O–H groups in total. The van der Waals surface area contributed by atoms with Crippen molar-refractivity contribution in [1.29, 1.82) is 0 Å². The Kier molecular flexibility index (Phi) is 5.64. The van der Waals surface area contributed by atoms with Crippen molar-refractivity contribution in [2.75, 3.05) is 0 Å². The summed E-state index contributed by atoms with van der Waals surface area (Å²) >= 11 is 2.98. The zero-order chi connectivity index (χ0) is 20.6. The van der Waals surface area contributed by atoms with Gasteiger partial charge >= 0.3 is 12.4 Å². The Balaban J connectivity index is 2.60. The van der Waals surface area contributed by atoms with E-state index in [1.807, 2.05) is 0 Å². The molecule has 2 rings (SSSR count). The number of hydrogen-bond donors (Lipinski definition) is 0. The van der Waals surface area contributed by atoms with Gasteiger partial charge < -0.3 is 0 Å². The molecule has 0 aliphatic carbocycles. The molecule has 0 spiro atoms. The number of halogens is 7. The molecule has 0 amide bonds. The number of alkyl halides is 7. The van der Waals surface area contributed by atoms with Crippen LogP contribution in [0.15, 0.2) is 36.4 Å². The van der Waals surface area contributed by atoms with Crippen LogP contribution in [0.25, 0.3) is 0 Å². The van der Waals surface area contributed by atoms with Crippen LogP contribution in [0.1, 0.15) is 32.6 Å². The topological polar surface area (TPSA) is 60.2 Å². The molecular weight excluding hydrogens is 448 g/mol. The Morgan fingerprint density at radius 2 is 1.44 bits per heavy atom. The van der Waals surface area contributed by atoms with E-state index >= 15 is 0 Å². The third-order valence-corrected chi connectivity index (χ3v) is 4.14. The molecule has 0 aliphatic heterocycles. The second-order valence-electron chi connectivity index (χ2n) is 5.36. The maximum absolute atomic E-state index is 12.9. The second-order valence-corrected chi connectivity index (χ2v) is 5.92. The third-order valence-electron chi connectivity index (χ3n) is 3.53. The van der Waals surface area contributed by atoms with Crippen LogP contribution in [0.5, 0.6) is 0 Å². The maximum atomic E-state index is 12.9. The Bertz CT molecular complexity index is 876. The second kappa shape index (κ2) is 7.29. The van der Waals surface area contributed by atoms with Crippen molar-refractivity contribution in [2.45, 2.75) is 17.7 Å². The van der Waals surface area contributed by atoms with Crippen molar-refractivity contribution in [1.82, 2.24) is 0 Å². The van der Waals surface area contributed by atoms with Crippen LogP contribution in [-0.2, 0) is 17.7 Å². The standard InChI is InChI=1S/C16H8BrF6NO3/c17-7-10-3-8(1-2-13(10)24(26)27)14(25)9-4-11(15(18,19)20)6-12(5-9)16(21,22)23/h1-6H,7H2. The summed E-state index contributed by atoms with van der Waals surface area (Å²) in [5, 5.41) is 10.9. The van der Waals surface area contributed by atoms with Gasteiger partial charge in [-0.05, 0) is 30.3 Å². The van der Waals surface area contributed by atoms with E-state index < -0.39 is 39.7 Å². The zero-order valence-corrected chi connectivity index (χ0v) is 14.6. The lowest BCUT2D eigenvalue weighted by molar-refractivity contribution is -0.385. The van der Waals surface area contributed by atoms with E-state index in [2.05, 4.69) is 15.9 Å². The summed E-state index contributed by atoms with van der Waals surface area (Å²) in [6.45, 7) is 0. The fraction of sp³-hybridized carbons (Fsp3) is 0.188. The van der Waals surface area contributed by atoms with Crippen LogP contribution in [0, 0.1) is 10.1 Å². The van der Waals surface area contributed by atoms with Crippen molar-refractivity contribution in [2.24, 2.45) is 0 Å². The van der Waals surface area contributed by atoms with E-state index in [0.29, 0.717) is 12.1 Å². The van der Waals surface area contributed by atoms with E-state index in [-0.39, 0.29) is 28.2 Å². The number of hydrogen-bond acceptors (Lipinski definition) is 3. The summed E-state index contributed by atoms with van der Waals surface area (Å²) < 4.78 is 77.4. The maximum Gasteiger partial charge on any atom is 0.416 e. The smallest absolute Gasteiger partial charge is 0.289 e. The number of carbonyl (C=O) groups is 1. The monoisotopic (exact) mass is 455 g/mol. The first-order chi connectivity index (χ1) is 12.3. The molecule has 0 bridgehead atoms. The van der Waals surface area contributed by atoms with E-state index in [0.717, 1.165) is 18.2 Å². The van der Waals surface area contributed by atoms with Crippen molar-refractivity contribution >= 4 is 27.4 Å². The fourth-order valence-corrected chi connectivity index (χ4v) is 2.71. The molecule has 2 aromatic rings. The summed E-state index contributed by atoms with van der Waals surface area (Å²) in [6, 6.07) is 3.51. The number of nitrogens with zero attached hydrogens (tertiary/aromatic N) is 1. The highest BCUT2D eigenvalue weighted by atomic mass is 79.9. The predicted molar refractivity (Wildman–Crippen MR) is 85.6 cm³/mol. The van der Waals surface area contributed by atoms with Crippen molar-refractivity contribution in [3.63, 3.8) is 0 Å². The highest BCUT2D eigenvalue weighted by Gasteiger charge is 2.37. The van der Waals surface area contributed by atoms with Gasteiger partial charge in [-0.2, -0.15) is 26.3 Å². The first-order valence-electron chi connectivity index (χ1n) is 7.02. The van der Waals surface area contributed by atoms with Gasteiger partial charge in [0.1, 0.15) is 0 Å².